The third-order valence-electron chi connectivity index (χ3n) is 3.02. The molecule has 0 aliphatic rings. The zero-order valence-electron chi connectivity index (χ0n) is 10.1. The Kier molecular flexibility index (Phi) is 2.46. The number of nitrogens with zero attached hydrogens (tertiary/aromatic N) is 3. The first-order valence-corrected chi connectivity index (χ1v) is 5.68. The van der Waals surface area contributed by atoms with Crippen LogP contribution in [0, 0.1) is 11.3 Å². The zero-order valence-corrected chi connectivity index (χ0v) is 10.1. The number of hydrogen-bond donors (Lipinski definition) is 1. The summed E-state index contributed by atoms with van der Waals surface area (Å²) in [5.41, 5.74) is 1.80. The minimum atomic E-state index is -0.502. The molecule has 94 valence electrons. The predicted molar refractivity (Wildman–Crippen MR) is 67.5 cm³/mol. The van der Waals surface area contributed by atoms with Gasteiger partial charge in [-0.2, -0.15) is 5.26 Å². The van der Waals surface area contributed by atoms with E-state index in [1.807, 2.05) is 7.05 Å². The Morgan fingerprint density at radius 3 is 3.05 bits per heavy atom. The van der Waals surface area contributed by atoms with Crippen molar-refractivity contribution in [2.24, 2.45) is 7.05 Å². The van der Waals surface area contributed by atoms with Crippen molar-refractivity contribution in [1.29, 1.82) is 5.26 Å². The molecule has 19 heavy (non-hydrogen) atoms. The van der Waals surface area contributed by atoms with Gasteiger partial charge in [-0.05, 0) is 17.7 Å². The second-order valence-corrected chi connectivity index (χ2v) is 4.23. The molecule has 0 fully saturated rings. The van der Waals surface area contributed by atoms with Crippen molar-refractivity contribution in [3.8, 4) is 6.07 Å². The van der Waals surface area contributed by atoms with Gasteiger partial charge >= 0.3 is 5.76 Å². The maximum atomic E-state index is 11.1. The molecule has 2 heterocycles. The molecule has 0 amide bonds. The van der Waals surface area contributed by atoms with Crippen LogP contribution in [-0.4, -0.2) is 14.5 Å². The highest BCUT2D eigenvalue weighted by molar-refractivity contribution is 5.73. The molecule has 3 rings (SSSR count). The van der Waals surface area contributed by atoms with Gasteiger partial charge < -0.3 is 8.98 Å². The van der Waals surface area contributed by atoms with Crippen molar-refractivity contribution < 1.29 is 4.42 Å². The van der Waals surface area contributed by atoms with Crippen LogP contribution in [0.15, 0.2) is 39.8 Å². The van der Waals surface area contributed by atoms with E-state index in [1.54, 1.807) is 35.2 Å². The third kappa shape index (κ3) is 1.81. The van der Waals surface area contributed by atoms with Crippen LogP contribution in [0.3, 0.4) is 0 Å². The molecular weight excluding hydrogens is 244 g/mol. The minimum Gasteiger partial charge on any atom is -0.408 e. The van der Waals surface area contributed by atoms with Gasteiger partial charge in [-0.1, -0.05) is 6.07 Å². The van der Waals surface area contributed by atoms with E-state index in [0.29, 0.717) is 16.9 Å². The number of rotatable bonds is 2. The van der Waals surface area contributed by atoms with E-state index < -0.39 is 11.7 Å². The first-order valence-electron chi connectivity index (χ1n) is 5.68. The summed E-state index contributed by atoms with van der Waals surface area (Å²) in [6.45, 7) is 0. The SMILES string of the molecule is Cn1ccnc1C(C#N)c1ccc2[nH]c(=O)oc2c1. The number of imidazole rings is 1. The highest BCUT2D eigenvalue weighted by Crippen LogP contribution is 2.24. The molecule has 0 spiro atoms. The van der Waals surface area contributed by atoms with E-state index in [9.17, 15) is 10.1 Å². The third-order valence-corrected chi connectivity index (χ3v) is 3.02. The topological polar surface area (TPSA) is 87.6 Å². The van der Waals surface area contributed by atoms with Gasteiger partial charge in [0.05, 0.1) is 11.6 Å². The van der Waals surface area contributed by atoms with Gasteiger partial charge in [-0.15, -0.1) is 0 Å². The summed E-state index contributed by atoms with van der Waals surface area (Å²) in [4.78, 5) is 17.9. The second-order valence-electron chi connectivity index (χ2n) is 4.23. The number of hydrogen-bond acceptors (Lipinski definition) is 4. The summed E-state index contributed by atoms with van der Waals surface area (Å²) in [5, 5.41) is 9.35. The monoisotopic (exact) mass is 254 g/mol. The quantitative estimate of drug-likeness (QED) is 0.750. The maximum Gasteiger partial charge on any atom is 0.417 e. The number of nitriles is 1. The molecule has 0 radical (unpaired) electrons. The summed E-state index contributed by atoms with van der Waals surface area (Å²) in [5.74, 6) is -0.345. The minimum absolute atomic E-state index is 0.442. The Morgan fingerprint density at radius 1 is 1.53 bits per heavy atom. The summed E-state index contributed by atoms with van der Waals surface area (Å²) < 4.78 is 6.80. The lowest BCUT2D eigenvalue weighted by atomic mass is 9.99. The van der Waals surface area contributed by atoms with E-state index in [1.165, 1.54) is 0 Å². The number of fused-ring (bicyclic) bond motifs is 1. The molecule has 1 N–H and O–H groups in total. The molecule has 1 atom stereocenters. The van der Waals surface area contributed by atoms with Crippen LogP contribution >= 0.6 is 0 Å². The Labute approximate surface area is 107 Å². The van der Waals surface area contributed by atoms with E-state index in [-0.39, 0.29) is 0 Å². The first kappa shape index (κ1) is 11.3. The molecule has 6 heteroatoms. The van der Waals surface area contributed by atoms with Crippen LogP contribution in [0.1, 0.15) is 17.3 Å². The molecular formula is C13H10N4O2. The highest BCUT2D eigenvalue weighted by Gasteiger charge is 2.18. The van der Waals surface area contributed by atoms with Crippen molar-refractivity contribution in [2.45, 2.75) is 5.92 Å². The summed E-state index contributed by atoms with van der Waals surface area (Å²) in [7, 11) is 1.83. The van der Waals surface area contributed by atoms with Crippen molar-refractivity contribution in [3.05, 3.63) is 52.5 Å². The molecule has 1 aromatic carbocycles. The van der Waals surface area contributed by atoms with Gasteiger partial charge in [-0.25, -0.2) is 9.78 Å². The van der Waals surface area contributed by atoms with Crippen molar-refractivity contribution >= 4 is 11.1 Å². The smallest absolute Gasteiger partial charge is 0.408 e. The van der Waals surface area contributed by atoms with E-state index in [4.69, 9.17) is 4.42 Å². The number of H-pyrrole nitrogens is 1. The molecule has 0 saturated carbocycles. The Hall–Kier alpha value is -2.81. The Bertz CT molecular complexity index is 834. The lowest BCUT2D eigenvalue weighted by Gasteiger charge is -2.09. The second kappa shape index (κ2) is 4.14. The number of benzene rings is 1. The van der Waals surface area contributed by atoms with E-state index >= 15 is 0 Å². The summed E-state index contributed by atoms with van der Waals surface area (Å²) in [6, 6.07) is 7.42. The van der Waals surface area contributed by atoms with Crippen molar-refractivity contribution in [2.75, 3.05) is 0 Å². The normalized spacial score (nSPS) is 12.4. The fourth-order valence-electron chi connectivity index (χ4n) is 2.08. The molecule has 6 nitrogen and oxygen atoms in total. The average molecular weight is 254 g/mol. The van der Waals surface area contributed by atoms with Gasteiger partial charge in [0.1, 0.15) is 11.7 Å². The molecule has 2 aromatic heterocycles. The maximum absolute atomic E-state index is 11.1. The van der Waals surface area contributed by atoms with Crippen molar-refractivity contribution in [1.82, 2.24) is 14.5 Å². The van der Waals surface area contributed by atoms with Gasteiger partial charge in [0.15, 0.2) is 5.58 Å². The number of nitrogens with one attached hydrogen (secondary N) is 1. The lowest BCUT2D eigenvalue weighted by molar-refractivity contribution is 0.555. The zero-order chi connectivity index (χ0) is 13.4. The standard InChI is InChI=1S/C13H10N4O2/c1-17-5-4-15-12(17)9(7-14)8-2-3-10-11(6-8)19-13(18)16-10/h2-6,9H,1H3,(H,16,18). The average Bonchev–Trinajstić information content (AvgIpc) is 2.95. The van der Waals surface area contributed by atoms with Crippen LogP contribution in [0.5, 0.6) is 0 Å². The summed E-state index contributed by atoms with van der Waals surface area (Å²) in [6.07, 6.45) is 3.43. The van der Waals surface area contributed by atoms with Crippen LogP contribution < -0.4 is 5.76 Å². The molecule has 0 aliphatic carbocycles. The Morgan fingerprint density at radius 2 is 2.37 bits per heavy atom. The number of aromatic amines is 1. The van der Waals surface area contributed by atoms with Crippen molar-refractivity contribution in [3.63, 3.8) is 0 Å². The molecule has 0 saturated heterocycles. The predicted octanol–water partition coefficient (Wildman–Crippen LogP) is 1.51. The van der Waals surface area contributed by atoms with Crippen LogP contribution in [-0.2, 0) is 7.05 Å². The first-order chi connectivity index (χ1) is 9.19. The molecule has 1 unspecified atom stereocenters. The van der Waals surface area contributed by atoms with Gasteiger partial charge in [-0.3, -0.25) is 4.98 Å². The highest BCUT2D eigenvalue weighted by atomic mass is 16.4. The van der Waals surface area contributed by atoms with E-state index in [2.05, 4.69) is 16.0 Å². The van der Waals surface area contributed by atoms with Gasteiger partial charge in [0.25, 0.3) is 0 Å². The van der Waals surface area contributed by atoms with Crippen LogP contribution in [0.2, 0.25) is 0 Å². The van der Waals surface area contributed by atoms with E-state index in [0.717, 1.165) is 5.56 Å². The number of aromatic nitrogens is 3. The molecule has 3 aromatic rings. The van der Waals surface area contributed by atoms with Crippen LogP contribution in [0.4, 0.5) is 0 Å². The van der Waals surface area contributed by atoms with Gasteiger partial charge in [0.2, 0.25) is 0 Å². The number of oxazole rings is 1. The fraction of sp³-hybridized carbons (Fsp3) is 0.154. The largest absolute Gasteiger partial charge is 0.417 e. The fourth-order valence-corrected chi connectivity index (χ4v) is 2.08. The van der Waals surface area contributed by atoms with Crippen LogP contribution in [0.25, 0.3) is 11.1 Å². The number of aryl methyl sites for hydroxylation is 1. The summed E-state index contributed by atoms with van der Waals surface area (Å²) >= 11 is 0. The Balaban J connectivity index is 2.14. The molecule has 0 aliphatic heterocycles. The molecule has 0 bridgehead atoms. The lowest BCUT2D eigenvalue weighted by Crippen LogP contribution is -2.05. The van der Waals surface area contributed by atoms with Gasteiger partial charge in [0, 0.05) is 19.4 Å².